The summed E-state index contributed by atoms with van der Waals surface area (Å²) in [6.45, 7) is 5.46. The molecular weight excluding hydrogens is 556 g/mol. The highest BCUT2D eigenvalue weighted by Gasteiger charge is 2.23. The molecule has 2 amide bonds. The number of rotatable bonds is 12. The molecule has 3 rings (SSSR count). The zero-order chi connectivity index (χ0) is 29.3. The molecule has 2 heterocycles. The summed E-state index contributed by atoms with van der Waals surface area (Å²) in [5.74, 6) is -1.64. The van der Waals surface area contributed by atoms with E-state index < -0.39 is 39.4 Å². The van der Waals surface area contributed by atoms with Crippen LogP contribution in [0.15, 0.2) is 66.3 Å². The van der Waals surface area contributed by atoms with Crippen molar-refractivity contribution in [2.45, 2.75) is 38.8 Å². The van der Waals surface area contributed by atoms with Gasteiger partial charge in [0.25, 0.3) is 5.91 Å². The van der Waals surface area contributed by atoms with Gasteiger partial charge in [-0.3, -0.25) is 13.6 Å². The first-order valence-electron chi connectivity index (χ1n) is 12.3. The Morgan fingerprint density at radius 1 is 1.15 bits per heavy atom. The van der Waals surface area contributed by atoms with Gasteiger partial charge in [0.15, 0.2) is 5.13 Å². The maximum atomic E-state index is 13.1. The molecule has 0 aliphatic rings. The normalized spacial score (nSPS) is 12.7. The standard InChI is InChI=1S/C27H32N4O7S2/c1-27(2,3)38-23(32)11-8-15-37-16-13-21(28-24(33)20-12-14-31(17-20)40(4,35)36)25(34)30-26-29-22(18-39-26)19-9-6-5-7-10-19/h5-12,14,17-18,21H,13,15-16H2,1-4H3,(H,28,33)(H,29,30,34)/b11-8+/t21-/m0/s1. The molecule has 0 fully saturated rings. The molecule has 11 nitrogen and oxygen atoms in total. The largest absolute Gasteiger partial charge is 0.457 e. The monoisotopic (exact) mass is 588 g/mol. The van der Waals surface area contributed by atoms with Crippen LogP contribution in [0.25, 0.3) is 11.3 Å². The van der Waals surface area contributed by atoms with Crippen LogP contribution in [0, 0.1) is 0 Å². The maximum absolute atomic E-state index is 13.1. The summed E-state index contributed by atoms with van der Waals surface area (Å²) in [4.78, 5) is 42.2. The Labute approximate surface area is 237 Å². The molecule has 40 heavy (non-hydrogen) atoms. The van der Waals surface area contributed by atoms with Gasteiger partial charge in [0.2, 0.25) is 15.9 Å². The fraction of sp³-hybridized carbons (Fsp3) is 0.333. The highest BCUT2D eigenvalue weighted by atomic mass is 32.2. The van der Waals surface area contributed by atoms with Crippen molar-refractivity contribution >= 4 is 44.3 Å². The summed E-state index contributed by atoms with van der Waals surface area (Å²) >= 11 is 1.24. The number of benzene rings is 1. The second kappa shape index (κ2) is 13.5. The van der Waals surface area contributed by atoms with Crippen LogP contribution in [0.4, 0.5) is 5.13 Å². The fourth-order valence-corrected chi connectivity index (χ4v) is 4.64. The van der Waals surface area contributed by atoms with E-state index in [1.807, 2.05) is 35.7 Å². The van der Waals surface area contributed by atoms with E-state index in [9.17, 15) is 22.8 Å². The predicted octanol–water partition coefficient (Wildman–Crippen LogP) is 3.46. The first-order chi connectivity index (χ1) is 18.8. The number of amides is 2. The first-order valence-corrected chi connectivity index (χ1v) is 15.0. The fourth-order valence-electron chi connectivity index (χ4n) is 3.33. The van der Waals surface area contributed by atoms with Gasteiger partial charge in [-0.05, 0) is 33.3 Å². The summed E-state index contributed by atoms with van der Waals surface area (Å²) in [7, 11) is -3.57. The van der Waals surface area contributed by atoms with Gasteiger partial charge >= 0.3 is 5.97 Å². The molecule has 214 valence electrons. The Morgan fingerprint density at radius 3 is 2.52 bits per heavy atom. The third-order valence-corrected chi connectivity index (χ3v) is 6.91. The summed E-state index contributed by atoms with van der Waals surface area (Å²) < 4.78 is 35.1. The minimum Gasteiger partial charge on any atom is -0.457 e. The van der Waals surface area contributed by atoms with Crippen LogP contribution in [0.3, 0.4) is 0 Å². The van der Waals surface area contributed by atoms with Gasteiger partial charge in [-0.15, -0.1) is 11.3 Å². The first kappa shape index (κ1) is 30.7. The van der Waals surface area contributed by atoms with Crippen molar-refractivity contribution in [1.29, 1.82) is 0 Å². The van der Waals surface area contributed by atoms with Gasteiger partial charge in [-0.2, -0.15) is 0 Å². The minimum absolute atomic E-state index is 0.0741. The highest BCUT2D eigenvalue weighted by Crippen LogP contribution is 2.24. The Morgan fingerprint density at radius 2 is 1.88 bits per heavy atom. The SMILES string of the molecule is CC(C)(C)OC(=O)/C=C/COCC[C@H](NC(=O)c1ccn(S(C)(=O)=O)c1)C(=O)Nc1nc(-c2ccccc2)cs1. The van der Waals surface area contributed by atoms with Gasteiger partial charge in [-0.25, -0.2) is 18.2 Å². The number of hydrogen-bond donors (Lipinski definition) is 2. The number of aromatic nitrogens is 2. The van der Waals surface area contributed by atoms with Gasteiger partial charge in [0.05, 0.1) is 24.1 Å². The highest BCUT2D eigenvalue weighted by molar-refractivity contribution is 7.89. The molecule has 0 aliphatic heterocycles. The van der Waals surface area contributed by atoms with Crippen LogP contribution < -0.4 is 10.6 Å². The molecule has 0 aliphatic carbocycles. The minimum atomic E-state index is -3.57. The zero-order valence-electron chi connectivity index (χ0n) is 22.6. The van der Waals surface area contributed by atoms with Crippen molar-refractivity contribution in [3.8, 4) is 11.3 Å². The molecule has 1 atom stereocenters. The summed E-state index contributed by atoms with van der Waals surface area (Å²) in [5.41, 5.74) is 1.06. The van der Waals surface area contributed by atoms with Crippen molar-refractivity contribution in [1.82, 2.24) is 14.3 Å². The van der Waals surface area contributed by atoms with Gasteiger partial charge in [0.1, 0.15) is 11.6 Å². The van der Waals surface area contributed by atoms with Crippen LogP contribution in [0.5, 0.6) is 0 Å². The Bertz CT molecular complexity index is 1460. The number of esters is 1. The lowest BCUT2D eigenvalue weighted by molar-refractivity contribution is -0.148. The molecule has 0 saturated carbocycles. The van der Waals surface area contributed by atoms with Crippen LogP contribution in [0.2, 0.25) is 0 Å². The van der Waals surface area contributed by atoms with Gasteiger partial charge in [-0.1, -0.05) is 36.4 Å². The van der Waals surface area contributed by atoms with Gasteiger partial charge in [0, 0.05) is 36.0 Å². The smallest absolute Gasteiger partial charge is 0.331 e. The topological polar surface area (TPSA) is 146 Å². The summed E-state index contributed by atoms with van der Waals surface area (Å²) in [6.07, 6.45) is 6.29. The number of anilines is 1. The molecule has 2 N–H and O–H groups in total. The van der Waals surface area contributed by atoms with Crippen molar-refractivity contribution in [2.24, 2.45) is 0 Å². The quantitative estimate of drug-likeness (QED) is 0.186. The van der Waals surface area contributed by atoms with E-state index in [1.165, 1.54) is 41.9 Å². The van der Waals surface area contributed by atoms with E-state index in [0.29, 0.717) is 10.8 Å². The van der Waals surface area contributed by atoms with Crippen molar-refractivity contribution in [2.75, 3.05) is 24.8 Å². The lowest BCUT2D eigenvalue weighted by atomic mass is 10.2. The average molecular weight is 589 g/mol. The second-order valence-electron chi connectivity index (χ2n) is 9.71. The molecular formula is C27H32N4O7S2. The molecule has 0 unspecified atom stereocenters. The second-order valence-corrected chi connectivity index (χ2v) is 12.5. The molecule has 2 aromatic heterocycles. The van der Waals surface area contributed by atoms with E-state index in [-0.39, 0.29) is 25.2 Å². The third-order valence-electron chi connectivity index (χ3n) is 5.16. The number of thiazole rings is 1. The Balaban J connectivity index is 1.64. The maximum Gasteiger partial charge on any atom is 0.331 e. The van der Waals surface area contributed by atoms with E-state index >= 15 is 0 Å². The van der Waals surface area contributed by atoms with Gasteiger partial charge < -0.3 is 20.1 Å². The number of nitrogens with one attached hydrogen (secondary N) is 2. The summed E-state index contributed by atoms with van der Waals surface area (Å²) in [5, 5.41) is 7.53. The van der Waals surface area contributed by atoms with E-state index in [4.69, 9.17) is 9.47 Å². The van der Waals surface area contributed by atoms with Crippen LogP contribution in [-0.4, -0.2) is 66.3 Å². The Kier molecular flexibility index (Phi) is 10.4. The number of carbonyl (C=O) groups excluding carboxylic acids is 3. The number of ether oxygens (including phenoxy) is 2. The van der Waals surface area contributed by atoms with E-state index in [1.54, 1.807) is 20.8 Å². The van der Waals surface area contributed by atoms with E-state index in [0.717, 1.165) is 15.8 Å². The predicted molar refractivity (Wildman–Crippen MR) is 153 cm³/mol. The number of hydrogen-bond acceptors (Lipinski definition) is 9. The molecule has 0 bridgehead atoms. The van der Waals surface area contributed by atoms with E-state index in [2.05, 4.69) is 15.6 Å². The third kappa shape index (κ3) is 9.74. The Hall–Kier alpha value is -3.81. The van der Waals surface area contributed by atoms with Crippen molar-refractivity contribution in [3.05, 3.63) is 71.9 Å². The lowest BCUT2D eigenvalue weighted by Gasteiger charge is -2.18. The molecule has 3 aromatic rings. The van der Waals surface area contributed by atoms with Crippen molar-refractivity contribution in [3.63, 3.8) is 0 Å². The molecule has 0 spiro atoms. The lowest BCUT2D eigenvalue weighted by Crippen LogP contribution is -2.44. The zero-order valence-corrected chi connectivity index (χ0v) is 24.3. The van der Waals surface area contributed by atoms with Crippen molar-refractivity contribution < 1.29 is 32.3 Å². The van der Waals surface area contributed by atoms with Crippen LogP contribution in [-0.2, 0) is 29.1 Å². The molecule has 0 saturated heterocycles. The molecule has 0 radical (unpaired) electrons. The molecule has 1 aromatic carbocycles. The number of carbonyl (C=O) groups is 3. The van der Waals surface area contributed by atoms with Crippen LogP contribution in [0.1, 0.15) is 37.6 Å². The average Bonchev–Trinajstić information content (AvgIpc) is 3.55. The summed E-state index contributed by atoms with van der Waals surface area (Å²) in [6, 6.07) is 9.80. The number of nitrogens with zero attached hydrogens (tertiary/aromatic N) is 2. The van der Waals surface area contributed by atoms with Crippen LogP contribution >= 0.6 is 11.3 Å². The molecule has 13 heteroatoms.